The zero-order valence-corrected chi connectivity index (χ0v) is 47.2. The molecule has 406 valence electrons. The fourth-order valence-electron chi connectivity index (χ4n) is 8.52. The predicted octanol–water partition coefficient (Wildman–Crippen LogP) is 17.6. The number of hydrogen-bond donors (Lipinski definition) is 2. The van der Waals surface area contributed by atoms with Gasteiger partial charge in [0.1, 0.15) is 19.3 Å². The monoisotopic (exact) mass is 994 g/mol. The summed E-state index contributed by atoms with van der Waals surface area (Å²) in [5.74, 6) is -0.508. The van der Waals surface area contributed by atoms with Gasteiger partial charge in [0.25, 0.3) is 0 Å². The first kappa shape index (κ1) is 67.2. The molecule has 0 aromatic rings. The standard InChI is InChI=1S/C59H113N2O7P/c1-7-10-13-16-19-22-25-28-30-32-33-36-39-42-45-48-51-58(62)60-56(55-67-69(64,65)66-54-53-61(4,5)6)57(50-47-44-41-38-35-27-24-21-18-15-12-9-3)68-59(63)52-49-46-43-40-37-34-31-29-26-23-20-17-14-11-8-2/h20,23,26,29,47,50,56-57H,7-19,21-22,24-25,27-28,30-46,48-49,51-55H2,1-6H3,(H-,60,62,64,65)/p+1/b23-20+,29-26+,50-47+. The van der Waals surface area contributed by atoms with Crippen LogP contribution in [0.15, 0.2) is 36.5 Å². The minimum Gasteiger partial charge on any atom is -0.456 e. The molecule has 0 aromatic heterocycles. The quantitative estimate of drug-likeness (QED) is 0.0156. The normalized spacial score (nSPS) is 14.0. The number of unbranched alkanes of at least 4 members (excludes halogenated alkanes) is 34. The van der Waals surface area contributed by atoms with Crippen LogP contribution in [0.3, 0.4) is 0 Å². The third-order valence-electron chi connectivity index (χ3n) is 13.1. The summed E-state index contributed by atoms with van der Waals surface area (Å²) in [6, 6.07) is -0.848. The molecule has 1 amide bonds. The Hall–Kier alpha value is -1.77. The van der Waals surface area contributed by atoms with Crippen LogP contribution in [0.1, 0.15) is 278 Å². The molecule has 0 heterocycles. The number of nitrogens with one attached hydrogen (secondary N) is 1. The van der Waals surface area contributed by atoms with Gasteiger partial charge in [-0.25, -0.2) is 4.57 Å². The van der Waals surface area contributed by atoms with Gasteiger partial charge in [0.15, 0.2) is 0 Å². The second kappa shape index (κ2) is 49.8. The number of phosphoric acid groups is 1. The lowest BCUT2D eigenvalue weighted by Crippen LogP contribution is -2.47. The van der Waals surface area contributed by atoms with Crippen molar-refractivity contribution in [3.05, 3.63) is 36.5 Å². The lowest BCUT2D eigenvalue weighted by Gasteiger charge is -2.27. The number of rotatable bonds is 53. The zero-order valence-electron chi connectivity index (χ0n) is 46.3. The van der Waals surface area contributed by atoms with Gasteiger partial charge in [-0.05, 0) is 57.4 Å². The number of amides is 1. The maximum atomic E-state index is 13.5. The van der Waals surface area contributed by atoms with Gasteiger partial charge in [-0.3, -0.25) is 18.6 Å². The molecule has 10 heteroatoms. The van der Waals surface area contributed by atoms with Crippen molar-refractivity contribution in [2.45, 2.75) is 290 Å². The Bertz CT molecular complexity index is 1280. The summed E-state index contributed by atoms with van der Waals surface area (Å²) in [7, 11) is 1.50. The Morgan fingerprint density at radius 2 is 0.870 bits per heavy atom. The smallest absolute Gasteiger partial charge is 0.456 e. The summed E-state index contributed by atoms with van der Waals surface area (Å²) in [6.07, 6.45) is 58.4. The van der Waals surface area contributed by atoms with Gasteiger partial charge >= 0.3 is 13.8 Å². The number of carbonyl (C=O) groups excluding carboxylic acids is 2. The number of hydrogen-bond acceptors (Lipinski definition) is 6. The first-order valence-electron chi connectivity index (χ1n) is 29.3. The third-order valence-corrected chi connectivity index (χ3v) is 14.1. The summed E-state index contributed by atoms with van der Waals surface area (Å²) in [5, 5.41) is 3.05. The summed E-state index contributed by atoms with van der Waals surface area (Å²) in [4.78, 5) is 37.6. The van der Waals surface area contributed by atoms with E-state index in [2.05, 4.69) is 50.4 Å². The number of carbonyl (C=O) groups is 2. The minimum absolute atomic E-state index is 0.0403. The van der Waals surface area contributed by atoms with Crippen molar-refractivity contribution >= 4 is 19.7 Å². The van der Waals surface area contributed by atoms with Crippen LogP contribution in [0, 0.1) is 0 Å². The fraction of sp³-hybridized carbons (Fsp3) is 0.864. The van der Waals surface area contributed by atoms with Crippen LogP contribution in [0.2, 0.25) is 0 Å². The number of likely N-dealkylation sites (N-methyl/N-ethyl adjacent to an activating group) is 1. The number of quaternary nitrogens is 1. The first-order chi connectivity index (χ1) is 33.4. The molecular weight excluding hydrogens is 880 g/mol. The molecule has 0 fully saturated rings. The van der Waals surface area contributed by atoms with E-state index in [9.17, 15) is 19.0 Å². The average Bonchev–Trinajstić information content (AvgIpc) is 3.31. The highest BCUT2D eigenvalue weighted by atomic mass is 31.2. The van der Waals surface area contributed by atoms with Crippen molar-refractivity contribution in [3.8, 4) is 0 Å². The summed E-state index contributed by atoms with van der Waals surface area (Å²) < 4.78 is 30.6. The van der Waals surface area contributed by atoms with Gasteiger partial charge in [0.05, 0.1) is 33.8 Å². The fourth-order valence-corrected chi connectivity index (χ4v) is 9.26. The van der Waals surface area contributed by atoms with Gasteiger partial charge in [-0.2, -0.15) is 0 Å². The topological polar surface area (TPSA) is 111 Å². The van der Waals surface area contributed by atoms with Crippen molar-refractivity contribution < 1.29 is 37.3 Å². The molecule has 0 saturated carbocycles. The van der Waals surface area contributed by atoms with Gasteiger partial charge in [0, 0.05) is 12.8 Å². The van der Waals surface area contributed by atoms with Gasteiger partial charge in [-0.15, -0.1) is 0 Å². The lowest BCUT2D eigenvalue weighted by molar-refractivity contribution is -0.870. The highest BCUT2D eigenvalue weighted by Gasteiger charge is 2.30. The third kappa shape index (κ3) is 51.0. The number of allylic oxidation sites excluding steroid dienone is 5. The average molecular weight is 995 g/mol. The molecule has 0 aromatic carbocycles. The second-order valence-corrected chi connectivity index (χ2v) is 22.7. The van der Waals surface area contributed by atoms with E-state index < -0.39 is 20.0 Å². The molecule has 0 bridgehead atoms. The summed E-state index contributed by atoms with van der Waals surface area (Å²) in [6.45, 7) is 7.00. The van der Waals surface area contributed by atoms with E-state index >= 15 is 0 Å². The number of nitrogens with zero attached hydrogens (tertiary/aromatic N) is 1. The SMILES string of the molecule is CCCCC/C=C/C=C/CCCCCCCCC(=O)OC(/C=C/CCCCCCCCCCCC)C(COP(=O)(O)OCC[N+](C)(C)C)NC(=O)CCCCCCCCCCCCCCCCCC. The maximum absolute atomic E-state index is 13.5. The van der Waals surface area contributed by atoms with Crippen molar-refractivity contribution in [3.63, 3.8) is 0 Å². The van der Waals surface area contributed by atoms with E-state index in [1.54, 1.807) is 0 Å². The molecule has 3 unspecified atom stereocenters. The largest absolute Gasteiger partial charge is 0.472 e. The van der Waals surface area contributed by atoms with Crippen LogP contribution >= 0.6 is 7.82 Å². The highest BCUT2D eigenvalue weighted by molar-refractivity contribution is 7.47. The van der Waals surface area contributed by atoms with Crippen molar-refractivity contribution in [1.82, 2.24) is 5.32 Å². The number of phosphoric ester groups is 1. The molecule has 0 aliphatic rings. The molecular formula is C59H114N2O7P+. The zero-order chi connectivity index (χ0) is 50.8. The van der Waals surface area contributed by atoms with Crippen molar-refractivity contribution in [1.29, 1.82) is 0 Å². The van der Waals surface area contributed by atoms with E-state index in [0.29, 0.717) is 17.4 Å². The van der Waals surface area contributed by atoms with Crippen LogP contribution in [0.5, 0.6) is 0 Å². The Morgan fingerprint density at radius 3 is 1.30 bits per heavy atom. The number of ether oxygens (including phenoxy) is 1. The van der Waals surface area contributed by atoms with Gasteiger partial charge in [-0.1, -0.05) is 244 Å². The Labute approximate surface area is 427 Å². The van der Waals surface area contributed by atoms with Crippen LogP contribution in [-0.2, 0) is 27.9 Å². The van der Waals surface area contributed by atoms with Crippen LogP contribution in [-0.4, -0.2) is 74.3 Å². The van der Waals surface area contributed by atoms with Crippen LogP contribution in [0.4, 0.5) is 0 Å². The van der Waals surface area contributed by atoms with Crippen molar-refractivity contribution in [2.75, 3.05) is 40.9 Å². The molecule has 0 saturated heterocycles. The van der Waals surface area contributed by atoms with E-state index in [4.69, 9.17) is 13.8 Å². The molecule has 9 nitrogen and oxygen atoms in total. The Morgan fingerprint density at radius 1 is 0.507 bits per heavy atom. The predicted molar refractivity (Wildman–Crippen MR) is 296 cm³/mol. The van der Waals surface area contributed by atoms with E-state index in [0.717, 1.165) is 77.0 Å². The molecule has 0 spiro atoms. The molecule has 0 radical (unpaired) electrons. The van der Waals surface area contributed by atoms with Gasteiger partial charge in [0.2, 0.25) is 5.91 Å². The molecule has 2 N–H and O–H groups in total. The maximum Gasteiger partial charge on any atom is 0.472 e. The molecule has 0 aliphatic carbocycles. The second-order valence-electron chi connectivity index (χ2n) is 21.2. The highest BCUT2D eigenvalue weighted by Crippen LogP contribution is 2.43. The van der Waals surface area contributed by atoms with Crippen molar-refractivity contribution in [2.24, 2.45) is 0 Å². The lowest BCUT2D eigenvalue weighted by atomic mass is 10.0. The van der Waals surface area contributed by atoms with Gasteiger partial charge < -0.3 is 19.4 Å². The summed E-state index contributed by atoms with van der Waals surface area (Å²) in [5.41, 5.74) is 0. The molecule has 0 rings (SSSR count). The molecule has 3 atom stereocenters. The van der Waals surface area contributed by atoms with E-state index in [1.807, 2.05) is 33.3 Å². The molecule has 69 heavy (non-hydrogen) atoms. The number of esters is 1. The van der Waals surface area contributed by atoms with E-state index in [-0.39, 0.29) is 31.5 Å². The Kier molecular flexibility index (Phi) is 48.5. The molecule has 0 aliphatic heterocycles. The van der Waals surface area contributed by atoms with Crippen LogP contribution in [0.25, 0.3) is 0 Å². The van der Waals surface area contributed by atoms with E-state index in [1.165, 1.54) is 167 Å². The Balaban J connectivity index is 5.33. The van der Waals surface area contributed by atoms with Crippen LogP contribution < -0.4 is 5.32 Å². The minimum atomic E-state index is -4.44. The first-order valence-corrected chi connectivity index (χ1v) is 30.8. The summed E-state index contributed by atoms with van der Waals surface area (Å²) >= 11 is 0.